The molecule has 1 aliphatic rings. The molecule has 1 nitrogen and oxygen atoms in total. The third kappa shape index (κ3) is 8.24. The summed E-state index contributed by atoms with van der Waals surface area (Å²) in [5, 5.41) is 0.716. The first-order chi connectivity index (χ1) is 9.24. The van der Waals surface area contributed by atoms with Gasteiger partial charge in [0, 0.05) is 11.3 Å². The Labute approximate surface area is 125 Å². The molecule has 0 saturated heterocycles. The van der Waals surface area contributed by atoms with Crippen LogP contribution in [-0.2, 0) is 0 Å². The van der Waals surface area contributed by atoms with Crippen molar-refractivity contribution in [2.75, 3.05) is 5.75 Å². The van der Waals surface area contributed by atoms with Gasteiger partial charge in [-0.2, -0.15) is 11.8 Å². The third-order valence-corrected chi connectivity index (χ3v) is 6.32. The van der Waals surface area contributed by atoms with Gasteiger partial charge in [0.25, 0.3) is 0 Å². The van der Waals surface area contributed by atoms with Gasteiger partial charge in [0.2, 0.25) is 0 Å². The van der Waals surface area contributed by atoms with Crippen molar-refractivity contribution < 1.29 is 0 Å². The average Bonchev–Trinajstić information content (AvgIpc) is 2.41. The first kappa shape index (κ1) is 17.4. The van der Waals surface area contributed by atoms with Crippen molar-refractivity contribution in [1.29, 1.82) is 0 Å². The molecule has 1 rings (SSSR count). The van der Waals surface area contributed by atoms with Crippen LogP contribution in [0.15, 0.2) is 0 Å². The number of nitrogens with two attached hydrogens (primary N) is 1. The van der Waals surface area contributed by atoms with Crippen LogP contribution in [0.2, 0.25) is 0 Å². The summed E-state index contributed by atoms with van der Waals surface area (Å²) < 4.78 is 0. The maximum atomic E-state index is 6.47. The summed E-state index contributed by atoms with van der Waals surface area (Å²) >= 11 is 2.16. The van der Waals surface area contributed by atoms with Crippen molar-refractivity contribution in [2.24, 2.45) is 11.7 Å². The summed E-state index contributed by atoms with van der Waals surface area (Å²) in [6.45, 7) is 4.67. The van der Waals surface area contributed by atoms with Gasteiger partial charge >= 0.3 is 0 Å². The lowest BCUT2D eigenvalue weighted by atomic mass is 9.98. The molecule has 2 N–H and O–H groups in total. The quantitative estimate of drug-likeness (QED) is 0.751. The molecular formula is C17H35NS. The van der Waals surface area contributed by atoms with Gasteiger partial charge in [-0.1, -0.05) is 71.6 Å². The van der Waals surface area contributed by atoms with E-state index in [-0.39, 0.29) is 0 Å². The second kappa shape index (κ2) is 11.0. The zero-order valence-corrected chi connectivity index (χ0v) is 14.0. The molecule has 0 spiro atoms. The average molecular weight is 286 g/mol. The van der Waals surface area contributed by atoms with Crippen molar-refractivity contribution in [3.8, 4) is 0 Å². The van der Waals surface area contributed by atoms with E-state index >= 15 is 0 Å². The molecule has 0 heterocycles. The van der Waals surface area contributed by atoms with Crippen molar-refractivity contribution in [3.05, 3.63) is 0 Å². The Morgan fingerprint density at radius 3 is 2.05 bits per heavy atom. The normalized spacial score (nSPS) is 29.2. The smallest absolute Gasteiger partial charge is 0.0199 e. The van der Waals surface area contributed by atoms with E-state index in [1.165, 1.54) is 76.4 Å². The highest BCUT2D eigenvalue weighted by Crippen LogP contribution is 2.27. The van der Waals surface area contributed by atoms with Crippen LogP contribution in [0.1, 0.15) is 84.5 Å². The molecule has 0 aromatic carbocycles. The van der Waals surface area contributed by atoms with E-state index in [2.05, 4.69) is 25.6 Å². The number of hydrogen-bond donors (Lipinski definition) is 1. The summed E-state index contributed by atoms with van der Waals surface area (Å²) in [5.74, 6) is 2.15. The van der Waals surface area contributed by atoms with Gasteiger partial charge in [-0.15, -0.1) is 0 Å². The molecule has 0 aliphatic heterocycles. The fourth-order valence-corrected chi connectivity index (χ4v) is 4.33. The molecular weight excluding hydrogens is 250 g/mol. The van der Waals surface area contributed by atoms with E-state index in [1.807, 2.05) is 0 Å². The van der Waals surface area contributed by atoms with Gasteiger partial charge in [0.15, 0.2) is 0 Å². The van der Waals surface area contributed by atoms with Crippen LogP contribution in [0.25, 0.3) is 0 Å². The first-order valence-electron chi connectivity index (χ1n) is 8.61. The summed E-state index contributed by atoms with van der Waals surface area (Å²) in [6.07, 6.45) is 15.2. The van der Waals surface area contributed by atoms with Crippen molar-refractivity contribution >= 4 is 11.8 Å². The molecule has 19 heavy (non-hydrogen) atoms. The SMILES string of the molecule is CCC(C)CSC1CCCCCCCCCCC1N. The topological polar surface area (TPSA) is 26.0 Å². The molecule has 0 bridgehead atoms. The van der Waals surface area contributed by atoms with Gasteiger partial charge in [-0.3, -0.25) is 0 Å². The zero-order chi connectivity index (χ0) is 13.9. The highest BCUT2D eigenvalue weighted by Gasteiger charge is 2.18. The molecule has 3 atom stereocenters. The lowest BCUT2D eigenvalue weighted by Gasteiger charge is -2.25. The fraction of sp³-hybridized carbons (Fsp3) is 1.00. The Morgan fingerprint density at radius 1 is 0.947 bits per heavy atom. The molecule has 3 unspecified atom stereocenters. The Morgan fingerprint density at radius 2 is 1.47 bits per heavy atom. The van der Waals surface area contributed by atoms with Crippen LogP contribution in [0, 0.1) is 5.92 Å². The Kier molecular flexibility index (Phi) is 10.1. The van der Waals surface area contributed by atoms with Gasteiger partial charge in [-0.25, -0.2) is 0 Å². The van der Waals surface area contributed by atoms with Crippen LogP contribution >= 0.6 is 11.8 Å². The van der Waals surface area contributed by atoms with E-state index in [0.717, 1.165) is 5.92 Å². The Balaban J connectivity index is 2.37. The van der Waals surface area contributed by atoms with Crippen LogP contribution in [0.5, 0.6) is 0 Å². The van der Waals surface area contributed by atoms with Crippen LogP contribution < -0.4 is 5.73 Å². The second-order valence-electron chi connectivity index (χ2n) is 6.45. The minimum atomic E-state index is 0.438. The monoisotopic (exact) mass is 285 g/mol. The van der Waals surface area contributed by atoms with Gasteiger partial charge < -0.3 is 5.73 Å². The first-order valence-corrected chi connectivity index (χ1v) is 9.66. The van der Waals surface area contributed by atoms with Crippen LogP contribution in [0.4, 0.5) is 0 Å². The molecule has 1 aliphatic carbocycles. The lowest BCUT2D eigenvalue weighted by molar-refractivity contribution is 0.472. The molecule has 2 heteroatoms. The number of thioether (sulfide) groups is 1. The molecule has 1 fully saturated rings. The minimum Gasteiger partial charge on any atom is -0.327 e. The van der Waals surface area contributed by atoms with Crippen molar-refractivity contribution in [2.45, 2.75) is 95.8 Å². The second-order valence-corrected chi connectivity index (χ2v) is 7.73. The van der Waals surface area contributed by atoms with E-state index in [4.69, 9.17) is 5.73 Å². The highest BCUT2D eigenvalue weighted by molar-refractivity contribution is 7.99. The van der Waals surface area contributed by atoms with Gasteiger partial charge in [-0.05, 0) is 24.5 Å². The van der Waals surface area contributed by atoms with E-state index in [0.29, 0.717) is 11.3 Å². The minimum absolute atomic E-state index is 0.438. The summed E-state index contributed by atoms with van der Waals surface area (Å²) in [4.78, 5) is 0. The molecule has 114 valence electrons. The standard InChI is InChI=1S/C17H35NS/c1-3-15(2)14-19-17-13-11-9-7-5-4-6-8-10-12-16(17)18/h15-17H,3-14,18H2,1-2H3. The summed E-state index contributed by atoms with van der Waals surface area (Å²) in [7, 11) is 0. The predicted octanol–water partition coefficient (Wildman–Crippen LogP) is 5.38. The zero-order valence-electron chi connectivity index (χ0n) is 13.2. The van der Waals surface area contributed by atoms with E-state index in [9.17, 15) is 0 Å². The van der Waals surface area contributed by atoms with Gasteiger partial charge in [0.05, 0.1) is 0 Å². The summed E-state index contributed by atoms with van der Waals surface area (Å²) in [5.41, 5.74) is 6.47. The predicted molar refractivity (Wildman–Crippen MR) is 89.8 cm³/mol. The Hall–Kier alpha value is 0.310. The van der Waals surface area contributed by atoms with Crippen LogP contribution in [-0.4, -0.2) is 17.0 Å². The Bertz CT molecular complexity index is 207. The number of rotatable bonds is 4. The van der Waals surface area contributed by atoms with Crippen LogP contribution in [0.3, 0.4) is 0 Å². The fourth-order valence-electron chi connectivity index (χ4n) is 2.80. The van der Waals surface area contributed by atoms with Gasteiger partial charge in [0.1, 0.15) is 0 Å². The summed E-state index contributed by atoms with van der Waals surface area (Å²) in [6, 6.07) is 0.438. The lowest BCUT2D eigenvalue weighted by Crippen LogP contribution is -2.33. The highest BCUT2D eigenvalue weighted by atomic mass is 32.2. The van der Waals surface area contributed by atoms with E-state index in [1.54, 1.807) is 0 Å². The van der Waals surface area contributed by atoms with E-state index < -0.39 is 0 Å². The number of hydrogen-bond acceptors (Lipinski definition) is 2. The molecule has 0 aromatic heterocycles. The maximum Gasteiger partial charge on any atom is 0.0199 e. The van der Waals surface area contributed by atoms with Crippen molar-refractivity contribution in [1.82, 2.24) is 0 Å². The molecule has 0 aromatic rings. The molecule has 0 radical (unpaired) electrons. The molecule has 0 amide bonds. The maximum absolute atomic E-state index is 6.47. The third-order valence-electron chi connectivity index (χ3n) is 4.55. The van der Waals surface area contributed by atoms with Crippen molar-refractivity contribution in [3.63, 3.8) is 0 Å². The molecule has 1 saturated carbocycles. The largest absolute Gasteiger partial charge is 0.327 e.